The number of para-hydroxylation sites is 5. The van der Waals surface area contributed by atoms with Crippen molar-refractivity contribution in [1.29, 1.82) is 0 Å². The van der Waals surface area contributed by atoms with E-state index >= 15 is 0 Å². The molecular weight excluding hydrogens is 431 g/mol. The summed E-state index contributed by atoms with van der Waals surface area (Å²) in [7, 11) is 1.94. The number of rotatable bonds is 1. The number of ether oxygens (including phenoxy) is 1. The summed E-state index contributed by atoms with van der Waals surface area (Å²) in [4.78, 5) is 4.79. The average Bonchev–Trinajstić information content (AvgIpc) is 3.26. The molecule has 1 aromatic heterocycles. The van der Waals surface area contributed by atoms with Gasteiger partial charge < -0.3 is 14.4 Å². The molecule has 0 radical (unpaired) electrons. The Labute approximate surface area is 205 Å². The normalized spacial score (nSPS) is 13.5. The number of aromatic nitrogens is 2. The van der Waals surface area contributed by atoms with Crippen molar-refractivity contribution in [3.63, 3.8) is 0 Å². The van der Waals surface area contributed by atoms with Gasteiger partial charge in [0.15, 0.2) is 0 Å². The molecule has 7 rings (SSSR count). The SMILES string of the molecule is Cc1cccc2c1-c1n(C)cc[n+]1B1N(c3ccccc3)c3ccccc3Oc3ccccc3N12. The number of imidazole rings is 1. The first-order valence-corrected chi connectivity index (χ1v) is 11.9. The van der Waals surface area contributed by atoms with Gasteiger partial charge in [-0.3, -0.25) is 4.48 Å². The second-order valence-electron chi connectivity index (χ2n) is 9.07. The molecule has 0 spiro atoms. The number of anilines is 4. The molecule has 2 aliphatic rings. The summed E-state index contributed by atoms with van der Waals surface area (Å²) in [5.41, 5.74) is 6.77. The first-order valence-electron chi connectivity index (χ1n) is 11.9. The fraction of sp³-hybridized carbons (Fsp3) is 0.0690. The van der Waals surface area contributed by atoms with E-state index in [9.17, 15) is 0 Å². The van der Waals surface area contributed by atoms with Gasteiger partial charge in [-0.1, -0.05) is 54.6 Å². The molecule has 0 bridgehead atoms. The molecule has 5 nitrogen and oxygen atoms in total. The minimum absolute atomic E-state index is 0.186. The van der Waals surface area contributed by atoms with Crippen molar-refractivity contribution in [3.05, 3.63) is 115 Å². The third-order valence-electron chi connectivity index (χ3n) is 6.98. The van der Waals surface area contributed by atoms with Crippen LogP contribution in [-0.2, 0) is 7.05 Å². The Kier molecular flexibility index (Phi) is 4.30. The minimum Gasteiger partial charge on any atom is -0.453 e. The lowest BCUT2D eigenvalue weighted by Gasteiger charge is -2.41. The van der Waals surface area contributed by atoms with Gasteiger partial charge in [-0.05, 0) is 55.0 Å². The van der Waals surface area contributed by atoms with Gasteiger partial charge >= 0.3 is 7.12 Å². The number of nitrogens with zero attached hydrogens (tertiary/aromatic N) is 4. The zero-order valence-electron chi connectivity index (χ0n) is 19.7. The molecule has 35 heavy (non-hydrogen) atoms. The molecule has 4 aromatic carbocycles. The van der Waals surface area contributed by atoms with Crippen LogP contribution in [0, 0.1) is 6.92 Å². The maximum absolute atomic E-state index is 6.62. The van der Waals surface area contributed by atoms with Gasteiger partial charge in [0, 0.05) is 11.4 Å². The third-order valence-corrected chi connectivity index (χ3v) is 6.98. The van der Waals surface area contributed by atoms with E-state index in [0.29, 0.717) is 0 Å². The predicted octanol–water partition coefficient (Wildman–Crippen LogP) is 6.22. The largest absolute Gasteiger partial charge is 0.643 e. The molecule has 0 atom stereocenters. The monoisotopic (exact) mass is 455 g/mol. The van der Waals surface area contributed by atoms with Crippen molar-refractivity contribution >= 4 is 29.9 Å². The lowest BCUT2D eigenvalue weighted by atomic mass is 9.77. The Bertz CT molecular complexity index is 1580. The fourth-order valence-corrected chi connectivity index (χ4v) is 5.46. The summed E-state index contributed by atoms with van der Waals surface area (Å²) < 4.78 is 11.2. The highest BCUT2D eigenvalue weighted by atomic mass is 16.5. The van der Waals surface area contributed by atoms with Crippen molar-refractivity contribution < 1.29 is 9.21 Å². The molecule has 3 heterocycles. The molecule has 168 valence electrons. The van der Waals surface area contributed by atoms with Gasteiger partial charge in [-0.25, -0.2) is 4.57 Å². The van der Waals surface area contributed by atoms with Crippen LogP contribution in [0.25, 0.3) is 11.4 Å². The number of aryl methyl sites for hydroxylation is 2. The maximum Gasteiger partial charge on any atom is 0.643 e. The van der Waals surface area contributed by atoms with Crippen LogP contribution in [0.5, 0.6) is 11.5 Å². The first-order chi connectivity index (χ1) is 17.2. The van der Waals surface area contributed by atoms with Gasteiger partial charge in [0.2, 0.25) is 0 Å². The van der Waals surface area contributed by atoms with Crippen molar-refractivity contribution in [2.45, 2.75) is 6.92 Å². The van der Waals surface area contributed by atoms with E-state index < -0.39 is 0 Å². The molecule has 0 saturated carbocycles. The number of fused-ring (bicyclic) bond motifs is 9. The molecule has 0 unspecified atom stereocenters. The third kappa shape index (κ3) is 2.86. The fourth-order valence-electron chi connectivity index (χ4n) is 5.46. The Hall–Kier alpha value is -4.45. The van der Waals surface area contributed by atoms with E-state index in [4.69, 9.17) is 4.74 Å². The van der Waals surface area contributed by atoms with E-state index in [1.54, 1.807) is 0 Å². The molecule has 0 N–H and O–H groups in total. The topological polar surface area (TPSA) is 24.5 Å². The predicted molar refractivity (Wildman–Crippen MR) is 141 cm³/mol. The number of hydrogen-bond donors (Lipinski definition) is 0. The molecule has 0 saturated heterocycles. The Balaban J connectivity index is 1.63. The summed E-state index contributed by atoms with van der Waals surface area (Å²) in [6.45, 7) is 2.19. The number of benzene rings is 4. The van der Waals surface area contributed by atoms with E-state index in [1.807, 2.05) is 12.1 Å². The van der Waals surface area contributed by atoms with E-state index in [1.165, 1.54) is 17.0 Å². The summed E-state index contributed by atoms with van der Waals surface area (Å²) in [5, 5.41) is 0. The van der Waals surface area contributed by atoms with Gasteiger partial charge in [0.25, 0.3) is 5.82 Å². The van der Waals surface area contributed by atoms with Crippen LogP contribution in [0.4, 0.5) is 22.7 Å². The van der Waals surface area contributed by atoms with Gasteiger partial charge in [-0.15, -0.1) is 0 Å². The summed E-state index contributed by atoms with van der Waals surface area (Å²) >= 11 is 0. The lowest BCUT2D eigenvalue weighted by molar-refractivity contribution is -0.526. The first kappa shape index (κ1) is 20.0. The van der Waals surface area contributed by atoms with Crippen LogP contribution in [0.1, 0.15) is 5.56 Å². The van der Waals surface area contributed by atoms with Crippen molar-refractivity contribution in [2.24, 2.45) is 7.05 Å². The van der Waals surface area contributed by atoms with E-state index in [0.717, 1.165) is 34.2 Å². The van der Waals surface area contributed by atoms with E-state index in [-0.39, 0.29) is 7.12 Å². The second-order valence-corrected chi connectivity index (χ2v) is 9.07. The van der Waals surface area contributed by atoms with Gasteiger partial charge in [-0.2, -0.15) is 0 Å². The van der Waals surface area contributed by atoms with Crippen LogP contribution >= 0.6 is 0 Å². The molecule has 0 aliphatic carbocycles. The second kappa shape index (κ2) is 7.53. The van der Waals surface area contributed by atoms with Crippen molar-refractivity contribution in [2.75, 3.05) is 9.62 Å². The molecule has 2 aliphatic heterocycles. The van der Waals surface area contributed by atoms with E-state index in [2.05, 4.69) is 130 Å². The van der Waals surface area contributed by atoms with Crippen molar-refractivity contribution in [3.8, 4) is 22.9 Å². The quantitative estimate of drug-likeness (QED) is 0.281. The zero-order chi connectivity index (χ0) is 23.5. The summed E-state index contributed by atoms with van der Waals surface area (Å²) in [6, 6.07) is 33.8. The molecule has 0 fully saturated rings. The van der Waals surface area contributed by atoms with Crippen molar-refractivity contribution in [1.82, 2.24) is 4.57 Å². The Morgan fingerprint density at radius 2 is 1.31 bits per heavy atom. The van der Waals surface area contributed by atoms with Crippen LogP contribution in [0.3, 0.4) is 0 Å². The molecule has 0 amide bonds. The minimum atomic E-state index is -0.186. The number of hydrogen-bond acceptors (Lipinski definition) is 3. The van der Waals surface area contributed by atoms with Gasteiger partial charge in [0.1, 0.15) is 23.9 Å². The average molecular weight is 455 g/mol. The highest BCUT2D eigenvalue weighted by Crippen LogP contribution is 2.49. The maximum atomic E-state index is 6.62. The summed E-state index contributed by atoms with van der Waals surface area (Å²) in [5.74, 6) is 2.85. The van der Waals surface area contributed by atoms with Crippen LogP contribution < -0.4 is 18.8 Å². The molecule has 6 heteroatoms. The smallest absolute Gasteiger partial charge is 0.453 e. The highest BCUT2D eigenvalue weighted by Gasteiger charge is 2.52. The standard InChI is InChI=1S/C29H24BN4O/c1-21-11-10-16-25-28(21)29-31(2)19-20-32(29)30-33(22-12-4-3-5-13-22)23-14-6-8-17-26(23)35-27-18-9-7-15-24(27)34(25)30/h3-20H,1-2H3/q+1. The molecular formula is C29H24BN4O+. The van der Waals surface area contributed by atoms with Gasteiger partial charge in [0.05, 0.1) is 24.0 Å². The zero-order valence-corrected chi connectivity index (χ0v) is 19.7. The van der Waals surface area contributed by atoms with Crippen LogP contribution in [0.15, 0.2) is 109 Å². The lowest BCUT2D eigenvalue weighted by Crippen LogP contribution is -2.71. The summed E-state index contributed by atoms with van der Waals surface area (Å²) in [6.07, 6.45) is 4.33. The molecule has 5 aromatic rings. The highest BCUT2D eigenvalue weighted by molar-refractivity contribution is 6.64. The van der Waals surface area contributed by atoms with Crippen LogP contribution in [0.2, 0.25) is 0 Å². The van der Waals surface area contributed by atoms with Crippen LogP contribution in [-0.4, -0.2) is 11.7 Å². The Morgan fingerprint density at radius 1 is 0.686 bits per heavy atom. The Morgan fingerprint density at radius 3 is 2.06 bits per heavy atom.